The van der Waals surface area contributed by atoms with Gasteiger partial charge in [-0.1, -0.05) is 60.9 Å². The molecule has 0 unspecified atom stereocenters. The molecule has 0 atom stereocenters. The van der Waals surface area contributed by atoms with Gasteiger partial charge in [0.25, 0.3) is 5.91 Å². The van der Waals surface area contributed by atoms with Crippen LogP contribution in [0.3, 0.4) is 0 Å². The number of amides is 1. The fraction of sp³-hybridized carbons (Fsp3) is 0.185. The number of benzene rings is 2. The molecule has 0 aliphatic heterocycles. The van der Waals surface area contributed by atoms with E-state index < -0.39 is 0 Å². The average Bonchev–Trinajstić information content (AvgIpc) is 2.74. The molecule has 3 heteroatoms. The van der Waals surface area contributed by atoms with Crippen molar-refractivity contribution in [1.29, 1.82) is 0 Å². The Morgan fingerprint density at radius 3 is 2.60 bits per heavy atom. The summed E-state index contributed by atoms with van der Waals surface area (Å²) >= 11 is 0. The largest absolute Gasteiger partial charge is 0.315 e. The molecule has 0 saturated heterocycles. The third-order valence-electron chi connectivity index (χ3n) is 4.83. The van der Waals surface area contributed by atoms with E-state index in [4.69, 9.17) is 0 Å². The summed E-state index contributed by atoms with van der Waals surface area (Å²) < 4.78 is 0. The highest BCUT2D eigenvalue weighted by molar-refractivity contribution is 6.04. The van der Waals surface area contributed by atoms with Crippen LogP contribution in [0.4, 0.5) is 5.69 Å². The Labute approximate surface area is 178 Å². The molecule has 1 heterocycles. The van der Waals surface area contributed by atoms with Crippen LogP contribution in [-0.2, 0) is 4.79 Å². The van der Waals surface area contributed by atoms with Gasteiger partial charge in [-0.3, -0.25) is 9.78 Å². The molecule has 0 bridgehead atoms. The number of nitrogens with zero attached hydrogens (tertiary/aromatic N) is 1. The van der Waals surface area contributed by atoms with Crippen LogP contribution < -0.4 is 5.32 Å². The second-order valence-electron chi connectivity index (χ2n) is 7.12. The lowest BCUT2D eigenvalue weighted by Gasteiger charge is -2.14. The average molecular weight is 395 g/mol. The Morgan fingerprint density at radius 2 is 1.87 bits per heavy atom. The van der Waals surface area contributed by atoms with Gasteiger partial charge >= 0.3 is 0 Å². The van der Waals surface area contributed by atoms with Crippen molar-refractivity contribution in [3.8, 4) is 23.0 Å². The first-order valence-corrected chi connectivity index (χ1v) is 10.1. The number of aryl methyl sites for hydroxylation is 2. The normalized spacial score (nSPS) is 10.9. The van der Waals surface area contributed by atoms with E-state index in [0.717, 1.165) is 33.6 Å². The predicted molar refractivity (Wildman–Crippen MR) is 125 cm³/mol. The molecule has 0 fully saturated rings. The highest BCUT2D eigenvalue weighted by Gasteiger charge is 2.11. The number of allylic oxidation sites excluding steroid dienone is 1. The molecule has 0 radical (unpaired) electrons. The molecule has 3 aromatic rings. The summed E-state index contributed by atoms with van der Waals surface area (Å²) in [5, 5.41) is 2.83. The molecule has 30 heavy (non-hydrogen) atoms. The van der Waals surface area contributed by atoms with Crippen LogP contribution in [0.2, 0.25) is 0 Å². The molecule has 1 aromatic heterocycles. The van der Waals surface area contributed by atoms with Crippen molar-refractivity contribution >= 4 is 17.2 Å². The summed E-state index contributed by atoms with van der Waals surface area (Å²) in [6.45, 7) is 8.10. The summed E-state index contributed by atoms with van der Waals surface area (Å²) in [6.07, 6.45) is 4.66. The first-order chi connectivity index (χ1) is 14.5. The van der Waals surface area contributed by atoms with Crippen molar-refractivity contribution < 1.29 is 4.79 Å². The van der Waals surface area contributed by atoms with E-state index >= 15 is 0 Å². The molecular weight excluding hydrogens is 368 g/mol. The minimum atomic E-state index is -0.299. The lowest BCUT2D eigenvalue weighted by Crippen LogP contribution is -2.08. The lowest BCUT2D eigenvalue weighted by atomic mass is 9.93. The van der Waals surface area contributed by atoms with Crippen molar-refractivity contribution in [2.45, 2.75) is 34.1 Å². The van der Waals surface area contributed by atoms with Crippen LogP contribution in [0.25, 0.3) is 16.7 Å². The highest BCUT2D eigenvalue weighted by atomic mass is 16.1. The lowest BCUT2D eigenvalue weighted by molar-refractivity contribution is -0.111. The van der Waals surface area contributed by atoms with Crippen LogP contribution in [0.1, 0.15) is 42.7 Å². The van der Waals surface area contributed by atoms with E-state index in [1.807, 2.05) is 44.3 Å². The second kappa shape index (κ2) is 9.71. The molecule has 0 saturated carbocycles. The number of rotatable bonds is 4. The van der Waals surface area contributed by atoms with E-state index in [9.17, 15) is 4.79 Å². The third kappa shape index (κ3) is 5.04. The molecule has 3 nitrogen and oxygen atoms in total. The molecular formula is C27H26N2O. The molecule has 3 rings (SSSR count). The zero-order chi connectivity index (χ0) is 21.5. The number of hydrogen-bond acceptors (Lipinski definition) is 2. The smallest absolute Gasteiger partial charge is 0.300 e. The van der Waals surface area contributed by atoms with Gasteiger partial charge in [0.15, 0.2) is 0 Å². The summed E-state index contributed by atoms with van der Waals surface area (Å²) in [6, 6.07) is 18.4. The zero-order valence-electron chi connectivity index (χ0n) is 17.9. The first kappa shape index (κ1) is 21.1. The monoisotopic (exact) mass is 394 g/mol. The summed E-state index contributed by atoms with van der Waals surface area (Å²) in [4.78, 5) is 16.6. The van der Waals surface area contributed by atoms with Gasteiger partial charge in [-0.25, -0.2) is 0 Å². The van der Waals surface area contributed by atoms with Crippen LogP contribution in [-0.4, -0.2) is 10.9 Å². The maximum absolute atomic E-state index is 11.9. The zero-order valence-corrected chi connectivity index (χ0v) is 17.9. The van der Waals surface area contributed by atoms with Gasteiger partial charge in [0.2, 0.25) is 0 Å². The van der Waals surface area contributed by atoms with Crippen LogP contribution >= 0.6 is 0 Å². The van der Waals surface area contributed by atoms with Crippen LogP contribution in [0.5, 0.6) is 0 Å². The maximum Gasteiger partial charge on any atom is 0.300 e. The topological polar surface area (TPSA) is 42.0 Å². The fourth-order valence-corrected chi connectivity index (χ4v) is 3.36. The van der Waals surface area contributed by atoms with E-state index in [0.29, 0.717) is 6.42 Å². The Kier molecular flexibility index (Phi) is 6.83. The number of pyridine rings is 1. The van der Waals surface area contributed by atoms with E-state index in [-0.39, 0.29) is 5.91 Å². The molecule has 150 valence electrons. The van der Waals surface area contributed by atoms with Crippen molar-refractivity contribution in [1.82, 2.24) is 4.98 Å². The number of carbonyl (C=O) groups is 1. The van der Waals surface area contributed by atoms with Gasteiger partial charge in [0.1, 0.15) is 0 Å². The predicted octanol–water partition coefficient (Wildman–Crippen LogP) is 6.17. The number of carbonyl (C=O) groups excluding carboxylic acids is 1. The van der Waals surface area contributed by atoms with E-state index in [1.165, 1.54) is 11.1 Å². The molecule has 2 aromatic carbocycles. The van der Waals surface area contributed by atoms with Crippen LogP contribution in [0, 0.1) is 25.7 Å². The van der Waals surface area contributed by atoms with Crippen LogP contribution in [0.15, 0.2) is 66.9 Å². The Hall–Kier alpha value is -3.64. The number of nitrogens with one attached hydrogen (secondary N) is 1. The van der Waals surface area contributed by atoms with Gasteiger partial charge in [-0.2, -0.15) is 0 Å². The quantitative estimate of drug-likeness (QED) is 0.538. The first-order valence-electron chi connectivity index (χ1n) is 10.1. The van der Waals surface area contributed by atoms with E-state index in [2.05, 4.69) is 72.4 Å². The molecule has 1 amide bonds. The third-order valence-corrected chi connectivity index (χ3v) is 4.83. The molecule has 0 aliphatic carbocycles. The minimum Gasteiger partial charge on any atom is -0.315 e. The Balaban J connectivity index is 1.97. The van der Waals surface area contributed by atoms with E-state index in [1.54, 1.807) is 0 Å². The Bertz CT molecular complexity index is 1160. The summed E-state index contributed by atoms with van der Waals surface area (Å²) in [7, 11) is 0. The number of hydrogen-bond donors (Lipinski definition) is 1. The SMILES string of the molecule is C/C=C(/c1cccc(C)c1)c1cc(-c2cccc(NC(=O)C#CCC)c2)cnc1C. The van der Waals surface area contributed by atoms with Gasteiger partial charge < -0.3 is 5.32 Å². The number of anilines is 1. The van der Waals surface area contributed by atoms with Gasteiger partial charge in [0, 0.05) is 35.1 Å². The minimum absolute atomic E-state index is 0.299. The van der Waals surface area contributed by atoms with Gasteiger partial charge in [0.05, 0.1) is 0 Å². The summed E-state index contributed by atoms with van der Waals surface area (Å²) in [5.74, 6) is 5.07. The van der Waals surface area contributed by atoms with Crippen molar-refractivity contribution in [2.24, 2.45) is 0 Å². The highest BCUT2D eigenvalue weighted by Crippen LogP contribution is 2.30. The second-order valence-corrected chi connectivity index (χ2v) is 7.12. The standard InChI is InChI=1S/C27H26N2O/c1-5-7-14-27(30)29-24-13-9-11-21(16-24)23-17-26(20(4)28-18-23)25(6-2)22-12-8-10-19(3)15-22/h6,8-13,15-18H,5H2,1-4H3,(H,29,30)/b25-6-. The van der Waals surface area contributed by atoms with Gasteiger partial charge in [-0.15, -0.1) is 0 Å². The maximum atomic E-state index is 11.9. The Morgan fingerprint density at radius 1 is 1.07 bits per heavy atom. The molecule has 1 N–H and O–H groups in total. The fourth-order valence-electron chi connectivity index (χ4n) is 3.36. The van der Waals surface area contributed by atoms with Gasteiger partial charge in [-0.05, 0) is 61.6 Å². The molecule has 0 spiro atoms. The summed E-state index contributed by atoms with van der Waals surface area (Å²) in [5.41, 5.74) is 8.35. The van der Waals surface area contributed by atoms with Crippen molar-refractivity contribution in [3.63, 3.8) is 0 Å². The van der Waals surface area contributed by atoms with Crippen molar-refractivity contribution in [2.75, 3.05) is 5.32 Å². The number of aromatic nitrogens is 1. The molecule has 0 aliphatic rings. The van der Waals surface area contributed by atoms with Crippen molar-refractivity contribution in [3.05, 3.63) is 89.3 Å².